The number of hydrogen-bond donors (Lipinski definition) is 1. The van der Waals surface area contributed by atoms with Gasteiger partial charge in [-0.1, -0.05) is 43.5 Å². The predicted octanol–water partition coefficient (Wildman–Crippen LogP) is 3.95. The quantitative estimate of drug-likeness (QED) is 0.684. The number of carbonyl (C=O) groups is 2. The molecule has 1 aliphatic carbocycles. The number of fused-ring (bicyclic) bond motifs is 1. The summed E-state index contributed by atoms with van der Waals surface area (Å²) >= 11 is 0. The molecule has 5 rings (SSSR count). The summed E-state index contributed by atoms with van der Waals surface area (Å²) in [5.74, 6) is -0.00790. The molecular formula is C24H25N5O2. The number of benzene rings is 2. The molecule has 7 heteroatoms. The zero-order valence-electron chi connectivity index (χ0n) is 17.3. The normalized spacial score (nSPS) is 17.4. The number of rotatable bonds is 5. The minimum absolute atomic E-state index is 0.0555. The minimum atomic E-state index is -0.426. The van der Waals surface area contributed by atoms with Gasteiger partial charge in [-0.25, -0.2) is 0 Å². The molecule has 1 N–H and O–H groups in total. The Labute approximate surface area is 181 Å². The van der Waals surface area contributed by atoms with Gasteiger partial charge in [0.1, 0.15) is 12.7 Å². The highest BCUT2D eigenvalue weighted by molar-refractivity contribution is 5.99. The molecule has 2 amide bonds. The third-order valence-electron chi connectivity index (χ3n) is 6.51. The Hall–Kier alpha value is -3.48. The van der Waals surface area contributed by atoms with Crippen LogP contribution in [0.2, 0.25) is 0 Å². The van der Waals surface area contributed by atoms with Gasteiger partial charge in [-0.05, 0) is 42.7 Å². The summed E-state index contributed by atoms with van der Waals surface area (Å²) in [5, 5.41) is 10.7. The Balaban J connectivity index is 1.36. The van der Waals surface area contributed by atoms with Crippen molar-refractivity contribution in [2.24, 2.45) is 0 Å². The first-order valence-electron chi connectivity index (χ1n) is 10.8. The fourth-order valence-corrected chi connectivity index (χ4v) is 4.97. The first-order chi connectivity index (χ1) is 15.1. The number of anilines is 1. The van der Waals surface area contributed by atoms with Gasteiger partial charge < -0.3 is 10.2 Å². The summed E-state index contributed by atoms with van der Waals surface area (Å²) in [6.07, 6.45) is 8.50. The third kappa shape index (κ3) is 3.71. The first kappa shape index (κ1) is 19.5. The smallest absolute Gasteiger partial charge is 0.254 e. The van der Waals surface area contributed by atoms with E-state index >= 15 is 0 Å². The van der Waals surface area contributed by atoms with Gasteiger partial charge in [-0.15, -0.1) is 10.2 Å². The Morgan fingerprint density at radius 1 is 1.00 bits per heavy atom. The van der Waals surface area contributed by atoms with Crippen LogP contribution in [0.25, 0.3) is 5.69 Å². The van der Waals surface area contributed by atoms with Gasteiger partial charge in [0.25, 0.3) is 5.91 Å². The number of amides is 2. The van der Waals surface area contributed by atoms with Gasteiger partial charge in [0.05, 0.1) is 17.6 Å². The van der Waals surface area contributed by atoms with Gasteiger partial charge in [-0.2, -0.15) is 0 Å². The van der Waals surface area contributed by atoms with Gasteiger partial charge in [0.15, 0.2) is 0 Å². The third-order valence-corrected chi connectivity index (χ3v) is 6.51. The fourth-order valence-electron chi connectivity index (χ4n) is 4.97. The molecule has 2 aromatic carbocycles. The molecule has 0 saturated heterocycles. The largest absolute Gasteiger partial charge is 0.328 e. The van der Waals surface area contributed by atoms with Crippen molar-refractivity contribution in [3.8, 4) is 5.69 Å². The number of hydrogen-bond acceptors (Lipinski definition) is 4. The molecule has 31 heavy (non-hydrogen) atoms. The van der Waals surface area contributed by atoms with Crippen LogP contribution in [0, 0.1) is 0 Å². The van der Waals surface area contributed by atoms with Gasteiger partial charge in [0.2, 0.25) is 5.91 Å². The monoisotopic (exact) mass is 415 g/mol. The number of aromatic nitrogens is 3. The van der Waals surface area contributed by atoms with Crippen LogP contribution in [-0.2, 0) is 11.3 Å². The maximum atomic E-state index is 13.2. The summed E-state index contributed by atoms with van der Waals surface area (Å²) in [5.41, 5.74) is 3.00. The van der Waals surface area contributed by atoms with Crippen molar-refractivity contribution in [3.63, 3.8) is 0 Å². The topological polar surface area (TPSA) is 80.1 Å². The van der Waals surface area contributed by atoms with Crippen LogP contribution in [0.15, 0.2) is 61.2 Å². The van der Waals surface area contributed by atoms with E-state index in [1.807, 2.05) is 53.4 Å². The molecule has 0 spiro atoms. The second-order valence-corrected chi connectivity index (χ2v) is 8.48. The van der Waals surface area contributed by atoms with E-state index in [-0.39, 0.29) is 11.8 Å². The lowest BCUT2D eigenvalue weighted by Gasteiger charge is -2.44. The maximum Gasteiger partial charge on any atom is 0.254 e. The standard InChI is InChI=1S/C24H25N5O2/c30-22(27-19-8-6-9-20(13-19)28-16-25-26-17-28)14-24(11-4-1-5-12-24)29-15-18-7-2-3-10-21(18)23(29)31/h2-3,6-10,13,16-17H,1,4-5,11-12,14-15H2,(H,27,30). The van der Waals surface area contributed by atoms with E-state index in [4.69, 9.17) is 0 Å². The maximum absolute atomic E-state index is 13.2. The molecule has 0 unspecified atom stereocenters. The van der Waals surface area contributed by atoms with Gasteiger partial charge in [-0.3, -0.25) is 14.2 Å². The molecular weight excluding hydrogens is 390 g/mol. The number of carbonyl (C=O) groups excluding carboxylic acids is 2. The van der Waals surface area contributed by atoms with Crippen LogP contribution in [0.1, 0.15) is 54.4 Å². The van der Waals surface area contributed by atoms with Crippen molar-refractivity contribution in [1.29, 1.82) is 0 Å². The summed E-state index contributed by atoms with van der Waals surface area (Å²) < 4.78 is 1.79. The van der Waals surface area contributed by atoms with E-state index < -0.39 is 5.54 Å². The lowest BCUT2D eigenvalue weighted by Crippen LogP contribution is -2.52. The van der Waals surface area contributed by atoms with Crippen molar-refractivity contribution in [3.05, 3.63) is 72.3 Å². The molecule has 1 fully saturated rings. The van der Waals surface area contributed by atoms with Crippen molar-refractivity contribution in [1.82, 2.24) is 19.7 Å². The zero-order valence-corrected chi connectivity index (χ0v) is 17.3. The van der Waals surface area contributed by atoms with Crippen LogP contribution in [0.3, 0.4) is 0 Å². The zero-order chi connectivity index (χ0) is 21.3. The molecule has 0 radical (unpaired) electrons. The Kier molecular flexibility index (Phi) is 5.02. The summed E-state index contributed by atoms with van der Waals surface area (Å²) in [7, 11) is 0. The molecule has 2 aliphatic rings. The van der Waals surface area contributed by atoms with Crippen LogP contribution in [-0.4, -0.2) is 37.0 Å². The predicted molar refractivity (Wildman–Crippen MR) is 117 cm³/mol. The average molecular weight is 415 g/mol. The van der Waals surface area contributed by atoms with E-state index in [0.717, 1.165) is 54.6 Å². The van der Waals surface area contributed by atoms with E-state index in [0.29, 0.717) is 13.0 Å². The second-order valence-electron chi connectivity index (χ2n) is 8.48. The van der Waals surface area contributed by atoms with Crippen molar-refractivity contribution in [2.45, 2.75) is 50.6 Å². The number of nitrogens with one attached hydrogen (secondary N) is 1. The Morgan fingerprint density at radius 3 is 2.55 bits per heavy atom. The lowest BCUT2D eigenvalue weighted by molar-refractivity contribution is -0.119. The van der Waals surface area contributed by atoms with Crippen LogP contribution in [0.5, 0.6) is 0 Å². The first-order valence-corrected chi connectivity index (χ1v) is 10.8. The second kappa shape index (κ2) is 7.98. The van der Waals surface area contributed by atoms with Crippen molar-refractivity contribution < 1.29 is 9.59 Å². The van der Waals surface area contributed by atoms with Crippen molar-refractivity contribution >= 4 is 17.5 Å². The summed E-state index contributed by atoms with van der Waals surface area (Å²) in [4.78, 5) is 28.3. The molecule has 0 atom stereocenters. The average Bonchev–Trinajstić information content (AvgIpc) is 3.44. The highest BCUT2D eigenvalue weighted by atomic mass is 16.2. The molecule has 7 nitrogen and oxygen atoms in total. The molecule has 3 aromatic rings. The molecule has 0 bridgehead atoms. The van der Waals surface area contributed by atoms with Gasteiger partial charge in [0, 0.05) is 17.8 Å². The van der Waals surface area contributed by atoms with Crippen LogP contribution < -0.4 is 5.32 Å². The summed E-state index contributed by atoms with van der Waals surface area (Å²) in [6, 6.07) is 15.4. The summed E-state index contributed by atoms with van der Waals surface area (Å²) in [6.45, 7) is 0.589. The lowest BCUT2D eigenvalue weighted by atomic mass is 9.77. The van der Waals surface area contributed by atoms with E-state index in [9.17, 15) is 9.59 Å². The molecule has 1 saturated carbocycles. The fraction of sp³-hybridized carbons (Fsp3) is 0.333. The highest BCUT2D eigenvalue weighted by Gasteiger charge is 2.45. The molecule has 158 valence electrons. The van der Waals surface area contributed by atoms with E-state index in [1.165, 1.54) is 0 Å². The Morgan fingerprint density at radius 2 is 1.77 bits per heavy atom. The molecule has 1 aliphatic heterocycles. The van der Waals surface area contributed by atoms with Crippen molar-refractivity contribution in [2.75, 3.05) is 5.32 Å². The SMILES string of the molecule is O=C(CC1(N2Cc3ccccc3C2=O)CCCCC1)Nc1cccc(-n2cnnc2)c1. The molecule has 2 heterocycles. The van der Waals surface area contributed by atoms with Crippen LogP contribution >= 0.6 is 0 Å². The Bertz CT molecular complexity index is 1100. The minimum Gasteiger partial charge on any atom is -0.328 e. The van der Waals surface area contributed by atoms with Gasteiger partial charge >= 0.3 is 0 Å². The number of nitrogens with zero attached hydrogens (tertiary/aromatic N) is 4. The van der Waals surface area contributed by atoms with E-state index in [2.05, 4.69) is 15.5 Å². The van der Waals surface area contributed by atoms with E-state index in [1.54, 1.807) is 17.2 Å². The highest BCUT2D eigenvalue weighted by Crippen LogP contribution is 2.41. The van der Waals surface area contributed by atoms with Crippen LogP contribution in [0.4, 0.5) is 5.69 Å². The molecule has 1 aromatic heterocycles.